The lowest BCUT2D eigenvalue weighted by Gasteiger charge is -2.38. The standard InChI is InChI=1S/C35H39F3O/c1-3-4-5-23-6-8-24(9-7-23)25-10-12-26(13-11-25)29-18-19-30(32(36)22-29)27-14-16-28(17-15-27)31-20-21-33(39-2)35(38)34(31)37/h3,14-26H,1,4-13H2,2H3. The third kappa shape index (κ3) is 6.10. The molecule has 4 heteroatoms. The van der Waals surface area contributed by atoms with Crippen LogP contribution < -0.4 is 4.74 Å². The maximum atomic E-state index is 15.3. The Labute approximate surface area is 231 Å². The van der Waals surface area contributed by atoms with E-state index in [1.54, 1.807) is 30.3 Å². The molecule has 1 nitrogen and oxygen atoms in total. The predicted octanol–water partition coefficient (Wildman–Crippen LogP) is 10.5. The Balaban J connectivity index is 1.20. The van der Waals surface area contributed by atoms with Crippen molar-refractivity contribution in [1.29, 1.82) is 0 Å². The first kappa shape index (κ1) is 27.6. The van der Waals surface area contributed by atoms with Crippen molar-refractivity contribution in [3.63, 3.8) is 0 Å². The highest BCUT2D eigenvalue weighted by molar-refractivity contribution is 5.71. The van der Waals surface area contributed by atoms with E-state index in [4.69, 9.17) is 4.74 Å². The first-order chi connectivity index (χ1) is 19.0. The van der Waals surface area contributed by atoms with Gasteiger partial charge in [-0.1, -0.05) is 55.3 Å². The highest BCUT2D eigenvalue weighted by atomic mass is 19.2. The lowest BCUT2D eigenvalue weighted by atomic mass is 9.68. The smallest absolute Gasteiger partial charge is 0.201 e. The number of methoxy groups -OCH3 is 1. The minimum atomic E-state index is -1.01. The Kier molecular flexibility index (Phi) is 8.79. The Morgan fingerprint density at radius 2 is 1.33 bits per heavy atom. The van der Waals surface area contributed by atoms with Crippen LogP contribution >= 0.6 is 0 Å². The molecule has 0 bridgehead atoms. The summed E-state index contributed by atoms with van der Waals surface area (Å²) in [5, 5.41) is 0. The Bertz CT molecular complexity index is 1270. The normalized spacial score (nSPS) is 23.4. The molecule has 0 saturated heterocycles. The third-order valence-corrected chi connectivity index (χ3v) is 9.35. The second-order valence-corrected chi connectivity index (χ2v) is 11.5. The molecule has 0 aliphatic heterocycles. The van der Waals surface area contributed by atoms with Crippen molar-refractivity contribution < 1.29 is 17.9 Å². The molecule has 39 heavy (non-hydrogen) atoms. The molecule has 2 fully saturated rings. The zero-order valence-corrected chi connectivity index (χ0v) is 22.9. The first-order valence-electron chi connectivity index (χ1n) is 14.5. The molecule has 2 aliphatic carbocycles. The zero-order valence-electron chi connectivity index (χ0n) is 22.9. The van der Waals surface area contributed by atoms with Crippen LogP contribution in [0.5, 0.6) is 5.75 Å². The molecule has 0 radical (unpaired) electrons. The van der Waals surface area contributed by atoms with E-state index >= 15 is 4.39 Å². The molecule has 2 aliphatic rings. The van der Waals surface area contributed by atoms with E-state index in [0.717, 1.165) is 42.6 Å². The van der Waals surface area contributed by atoms with Gasteiger partial charge in [0.2, 0.25) is 5.82 Å². The second-order valence-electron chi connectivity index (χ2n) is 11.5. The van der Waals surface area contributed by atoms with Crippen LogP contribution in [0.25, 0.3) is 22.3 Å². The van der Waals surface area contributed by atoms with Crippen LogP contribution in [0.2, 0.25) is 0 Å². The highest BCUT2D eigenvalue weighted by Crippen LogP contribution is 2.45. The van der Waals surface area contributed by atoms with Crippen LogP contribution in [0.3, 0.4) is 0 Å². The molecule has 3 aromatic carbocycles. The van der Waals surface area contributed by atoms with Crippen molar-refractivity contribution in [2.24, 2.45) is 17.8 Å². The van der Waals surface area contributed by atoms with Gasteiger partial charge in [0, 0.05) is 11.1 Å². The van der Waals surface area contributed by atoms with E-state index in [1.807, 2.05) is 12.1 Å². The summed E-state index contributed by atoms with van der Waals surface area (Å²) in [6, 6.07) is 15.4. The summed E-state index contributed by atoms with van der Waals surface area (Å²) >= 11 is 0. The largest absolute Gasteiger partial charge is 0.494 e. The maximum Gasteiger partial charge on any atom is 0.201 e. The molecule has 0 spiro atoms. The van der Waals surface area contributed by atoms with Crippen molar-refractivity contribution in [3.05, 3.63) is 90.3 Å². The number of benzene rings is 3. The van der Waals surface area contributed by atoms with Gasteiger partial charge in [-0.15, -0.1) is 6.58 Å². The predicted molar refractivity (Wildman–Crippen MR) is 153 cm³/mol. The SMILES string of the molecule is C=CCCC1CCC(C2CCC(c3ccc(-c4ccc(-c5ccc(OC)c(F)c5F)cc4)c(F)c3)CC2)CC1. The van der Waals surface area contributed by atoms with Crippen molar-refractivity contribution in [1.82, 2.24) is 0 Å². The quantitative estimate of drug-likeness (QED) is 0.262. The van der Waals surface area contributed by atoms with Crippen molar-refractivity contribution >= 4 is 0 Å². The van der Waals surface area contributed by atoms with Gasteiger partial charge in [-0.2, -0.15) is 4.39 Å². The number of halogens is 3. The molecular weight excluding hydrogens is 493 g/mol. The summed E-state index contributed by atoms with van der Waals surface area (Å²) in [7, 11) is 1.30. The summed E-state index contributed by atoms with van der Waals surface area (Å²) in [5.74, 6) is 0.672. The number of allylic oxidation sites excluding steroid dienone is 1. The molecule has 0 amide bonds. The van der Waals surface area contributed by atoms with Gasteiger partial charge in [-0.05, 0) is 110 Å². The number of ether oxygens (including phenoxy) is 1. The molecule has 0 aromatic heterocycles. The van der Waals surface area contributed by atoms with Crippen molar-refractivity contribution in [2.45, 2.75) is 70.1 Å². The van der Waals surface area contributed by atoms with Crippen LogP contribution in [0.4, 0.5) is 13.2 Å². The molecule has 2 saturated carbocycles. The molecule has 3 aromatic rings. The lowest BCUT2D eigenvalue weighted by molar-refractivity contribution is 0.157. The van der Waals surface area contributed by atoms with E-state index in [9.17, 15) is 8.78 Å². The van der Waals surface area contributed by atoms with E-state index in [0.29, 0.717) is 22.6 Å². The average Bonchev–Trinajstić information content (AvgIpc) is 2.98. The fraction of sp³-hybridized carbons (Fsp3) is 0.429. The third-order valence-electron chi connectivity index (χ3n) is 9.35. The Hall–Kier alpha value is -3.01. The molecule has 0 atom stereocenters. The van der Waals surface area contributed by atoms with Crippen LogP contribution in [-0.2, 0) is 0 Å². The topological polar surface area (TPSA) is 9.23 Å². The van der Waals surface area contributed by atoms with Gasteiger partial charge in [-0.25, -0.2) is 8.78 Å². The molecule has 0 heterocycles. The van der Waals surface area contributed by atoms with Gasteiger partial charge in [0.05, 0.1) is 7.11 Å². The summed E-state index contributed by atoms with van der Waals surface area (Å²) in [5.41, 5.74) is 3.00. The van der Waals surface area contributed by atoms with E-state index in [2.05, 4.69) is 12.6 Å². The van der Waals surface area contributed by atoms with E-state index in [-0.39, 0.29) is 17.1 Å². The second kappa shape index (κ2) is 12.4. The maximum absolute atomic E-state index is 15.3. The molecule has 0 N–H and O–H groups in total. The Morgan fingerprint density at radius 1 is 0.744 bits per heavy atom. The van der Waals surface area contributed by atoms with Crippen molar-refractivity contribution in [3.8, 4) is 28.0 Å². The zero-order chi connectivity index (χ0) is 27.4. The van der Waals surface area contributed by atoms with Gasteiger partial charge in [0.15, 0.2) is 11.6 Å². The summed E-state index contributed by atoms with van der Waals surface area (Å²) in [6.45, 7) is 3.87. The van der Waals surface area contributed by atoms with Gasteiger partial charge in [0.25, 0.3) is 0 Å². The summed E-state index contributed by atoms with van der Waals surface area (Å²) in [6.07, 6.45) is 14.8. The van der Waals surface area contributed by atoms with Crippen LogP contribution in [0.15, 0.2) is 67.3 Å². The van der Waals surface area contributed by atoms with Gasteiger partial charge in [-0.3, -0.25) is 0 Å². The minimum absolute atomic E-state index is 0.134. The van der Waals surface area contributed by atoms with Gasteiger partial charge >= 0.3 is 0 Å². The lowest BCUT2D eigenvalue weighted by Crippen LogP contribution is -2.25. The van der Waals surface area contributed by atoms with Gasteiger partial charge < -0.3 is 4.74 Å². The first-order valence-corrected chi connectivity index (χ1v) is 14.5. The highest BCUT2D eigenvalue weighted by Gasteiger charge is 2.31. The Morgan fingerprint density at radius 3 is 1.92 bits per heavy atom. The van der Waals surface area contributed by atoms with Crippen LogP contribution in [0.1, 0.15) is 75.7 Å². The fourth-order valence-electron chi connectivity index (χ4n) is 6.99. The summed E-state index contributed by atoms with van der Waals surface area (Å²) in [4.78, 5) is 0. The molecular formula is C35H39F3O. The van der Waals surface area contributed by atoms with Gasteiger partial charge in [0.1, 0.15) is 5.82 Å². The fourth-order valence-corrected chi connectivity index (χ4v) is 6.99. The minimum Gasteiger partial charge on any atom is -0.494 e. The number of hydrogen-bond acceptors (Lipinski definition) is 1. The number of rotatable bonds is 8. The average molecular weight is 533 g/mol. The molecule has 0 unspecified atom stereocenters. The van der Waals surface area contributed by atoms with Crippen LogP contribution in [-0.4, -0.2) is 7.11 Å². The molecule has 5 rings (SSSR count). The van der Waals surface area contributed by atoms with E-state index < -0.39 is 11.6 Å². The molecule has 206 valence electrons. The summed E-state index contributed by atoms with van der Waals surface area (Å²) < 4.78 is 48.8. The van der Waals surface area contributed by atoms with E-state index in [1.165, 1.54) is 64.2 Å². The van der Waals surface area contributed by atoms with Crippen LogP contribution in [0, 0.1) is 35.2 Å². The van der Waals surface area contributed by atoms with Crippen molar-refractivity contribution in [2.75, 3.05) is 7.11 Å². The number of hydrogen-bond donors (Lipinski definition) is 0. The monoisotopic (exact) mass is 532 g/mol.